The fourth-order valence-corrected chi connectivity index (χ4v) is 7.00. The van der Waals surface area contributed by atoms with E-state index in [2.05, 4.69) is 97.2 Å². The van der Waals surface area contributed by atoms with E-state index in [1.807, 2.05) is 0 Å². The Hall–Kier alpha value is -1.95. The van der Waals surface area contributed by atoms with Crippen LogP contribution in [0, 0.1) is 5.92 Å². The minimum absolute atomic E-state index is 0.552. The molecule has 1 atom stereocenters. The number of rotatable bonds is 7. The van der Waals surface area contributed by atoms with Gasteiger partial charge in [-0.1, -0.05) is 104 Å². The molecule has 2 heteroatoms. The lowest BCUT2D eigenvalue weighted by molar-refractivity contribution is 0.281. The minimum Gasteiger partial charge on any atom is -0.310 e. The van der Waals surface area contributed by atoms with Crippen LogP contribution in [0.5, 0.6) is 0 Å². The van der Waals surface area contributed by atoms with E-state index < -0.39 is 7.92 Å². The van der Waals surface area contributed by atoms with Gasteiger partial charge in [0.25, 0.3) is 0 Å². The summed E-state index contributed by atoms with van der Waals surface area (Å²) in [4.78, 5) is 0. The molecule has 0 amide bonds. The highest BCUT2D eigenvalue weighted by Crippen LogP contribution is 2.34. The molecule has 0 radical (unpaired) electrons. The first-order chi connectivity index (χ1) is 14.3. The van der Waals surface area contributed by atoms with Gasteiger partial charge in [0.1, 0.15) is 0 Å². The lowest BCUT2D eigenvalue weighted by Gasteiger charge is -2.29. The van der Waals surface area contributed by atoms with Crippen molar-refractivity contribution in [1.29, 1.82) is 0 Å². The van der Waals surface area contributed by atoms with E-state index in [1.165, 1.54) is 53.6 Å². The zero-order valence-corrected chi connectivity index (χ0v) is 18.3. The topological polar surface area (TPSA) is 12.0 Å². The van der Waals surface area contributed by atoms with Crippen molar-refractivity contribution in [2.75, 3.05) is 0 Å². The quantitative estimate of drug-likeness (QED) is 0.515. The second-order valence-corrected chi connectivity index (χ2v) is 10.4. The second-order valence-electron chi connectivity index (χ2n) is 8.20. The van der Waals surface area contributed by atoms with Crippen molar-refractivity contribution < 1.29 is 0 Å². The molecule has 0 spiro atoms. The standard InChI is InChI=1S/C27H32NP/c1-22(23-13-5-2-6-14-23)28-21-24-15-11-12-20-27(24)29(25-16-7-3-8-17-25)26-18-9-4-10-19-26/h3-4,7-12,15-20,22-23,28H,2,5-6,13-14,21H2,1H3/t22-/m1/s1. The molecule has 0 heterocycles. The van der Waals surface area contributed by atoms with Crippen LogP contribution in [0.25, 0.3) is 0 Å². The Kier molecular flexibility index (Phi) is 7.14. The van der Waals surface area contributed by atoms with Crippen LogP contribution in [0.1, 0.15) is 44.6 Å². The fraction of sp³-hybridized carbons (Fsp3) is 0.333. The van der Waals surface area contributed by atoms with Crippen LogP contribution in [0.3, 0.4) is 0 Å². The SMILES string of the molecule is C[C@@H](NCc1ccccc1P(c1ccccc1)c1ccccc1)C1CCCCC1. The Bertz CT molecular complexity index is 832. The van der Waals surface area contributed by atoms with Gasteiger partial charge in [-0.15, -0.1) is 0 Å². The number of nitrogens with one attached hydrogen (secondary N) is 1. The van der Waals surface area contributed by atoms with E-state index >= 15 is 0 Å². The highest BCUT2D eigenvalue weighted by Gasteiger charge is 2.22. The summed E-state index contributed by atoms with van der Waals surface area (Å²) in [6, 6.07) is 31.7. The Morgan fingerprint density at radius 2 is 1.31 bits per heavy atom. The lowest BCUT2D eigenvalue weighted by atomic mass is 9.84. The van der Waals surface area contributed by atoms with Gasteiger partial charge in [-0.3, -0.25) is 0 Å². The van der Waals surface area contributed by atoms with E-state index in [-0.39, 0.29) is 0 Å². The van der Waals surface area contributed by atoms with Gasteiger partial charge in [0.2, 0.25) is 0 Å². The van der Waals surface area contributed by atoms with Gasteiger partial charge in [-0.25, -0.2) is 0 Å². The maximum Gasteiger partial charge on any atom is 0.0214 e. The van der Waals surface area contributed by atoms with E-state index in [0.717, 1.165) is 12.5 Å². The van der Waals surface area contributed by atoms with Crippen LogP contribution in [-0.2, 0) is 6.54 Å². The molecule has 1 saturated carbocycles. The Morgan fingerprint density at radius 1 is 0.759 bits per heavy atom. The summed E-state index contributed by atoms with van der Waals surface area (Å²) in [5.41, 5.74) is 1.44. The predicted molar refractivity (Wildman–Crippen MR) is 128 cm³/mol. The average molecular weight is 402 g/mol. The fourth-order valence-electron chi connectivity index (χ4n) is 4.53. The molecule has 0 aliphatic heterocycles. The molecule has 0 saturated heterocycles. The normalized spacial score (nSPS) is 16.1. The first-order valence-electron chi connectivity index (χ1n) is 11.0. The highest BCUT2D eigenvalue weighted by atomic mass is 31.1. The van der Waals surface area contributed by atoms with Gasteiger partial charge >= 0.3 is 0 Å². The van der Waals surface area contributed by atoms with E-state index in [4.69, 9.17) is 0 Å². The first-order valence-corrected chi connectivity index (χ1v) is 12.4. The van der Waals surface area contributed by atoms with Gasteiger partial charge in [0.15, 0.2) is 0 Å². The molecule has 1 nitrogen and oxygen atoms in total. The van der Waals surface area contributed by atoms with Crippen LogP contribution in [0.4, 0.5) is 0 Å². The first kappa shape index (κ1) is 20.3. The molecule has 1 fully saturated rings. The summed E-state index contributed by atoms with van der Waals surface area (Å²) < 4.78 is 0. The second kappa shape index (κ2) is 10.2. The molecule has 0 aromatic heterocycles. The summed E-state index contributed by atoms with van der Waals surface area (Å²) in [6.07, 6.45) is 7.00. The molecule has 29 heavy (non-hydrogen) atoms. The number of hydrogen-bond acceptors (Lipinski definition) is 1. The summed E-state index contributed by atoms with van der Waals surface area (Å²) in [6.45, 7) is 3.34. The molecule has 1 N–H and O–H groups in total. The van der Waals surface area contributed by atoms with Crippen LogP contribution in [-0.4, -0.2) is 6.04 Å². The van der Waals surface area contributed by atoms with Crippen LogP contribution in [0.15, 0.2) is 84.9 Å². The molecule has 1 aliphatic rings. The molecule has 1 aliphatic carbocycles. The van der Waals surface area contributed by atoms with E-state index in [9.17, 15) is 0 Å². The number of benzene rings is 3. The van der Waals surface area contributed by atoms with Crippen molar-refractivity contribution in [3.05, 3.63) is 90.5 Å². The lowest BCUT2D eigenvalue weighted by Crippen LogP contribution is -2.35. The molecule has 4 rings (SSSR count). The van der Waals surface area contributed by atoms with Gasteiger partial charge < -0.3 is 5.32 Å². The van der Waals surface area contributed by atoms with Gasteiger partial charge in [0, 0.05) is 12.6 Å². The zero-order chi connectivity index (χ0) is 19.9. The Morgan fingerprint density at radius 3 is 1.93 bits per heavy atom. The third kappa shape index (κ3) is 5.16. The zero-order valence-electron chi connectivity index (χ0n) is 17.4. The summed E-state index contributed by atoms with van der Waals surface area (Å²) in [7, 11) is -0.552. The monoisotopic (exact) mass is 401 g/mol. The third-order valence-electron chi connectivity index (χ3n) is 6.23. The van der Waals surface area contributed by atoms with Crippen molar-refractivity contribution in [1.82, 2.24) is 5.32 Å². The van der Waals surface area contributed by atoms with E-state index in [1.54, 1.807) is 0 Å². The third-order valence-corrected chi connectivity index (χ3v) is 8.78. The van der Waals surface area contributed by atoms with Crippen molar-refractivity contribution in [2.45, 2.75) is 51.6 Å². The average Bonchev–Trinajstić information content (AvgIpc) is 2.80. The molecule has 0 unspecified atom stereocenters. The predicted octanol–water partition coefficient (Wildman–Crippen LogP) is 5.50. The summed E-state index contributed by atoms with van der Waals surface area (Å²) in [5.74, 6) is 0.834. The van der Waals surface area contributed by atoms with Crippen molar-refractivity contribution in [3.63, 3.8) is 0 Å². The Balaban J connectivity index is 1.61. The van der Waals surface area contributed by atoms with Crippen molar-refractivity contribution >= 4 is 23.8 Å². The van der Waals surface area contributed by atoms with Crippen LogP contribution in [0.2, 0.25) is 0 Å². The molecule has 3 aromatic rings. The Labute approximate surface area is 177 Å². The van der Waals surface area contributed by atoms with Gasteiger partial charge in [-0.2, -0.15) is 0 Å². The van der Waals surface area contributed by atoms with Gasteiger partial charge in [0.05, 0.1) is 0 Å². The molecule has 0 bridgehead atoms. The van der Waals surface area contributed by atoms with Crippen LogP contribution >= 0.6 is 7.92 Å². The molecule has 150 valence electrons. The van der Waals surface area contributed by atoms with E-state index in [0.29, 0.717) is 6.04 Å². The van der Waals surface area contributed by atoms with Crippen molar-refractivity contribution in [2.24, 2.45) is 5.92 Å². The maximum absolute atomic E-state index is 3.88. The molecule has 3 aromatic carbocycles. The summed E-state index contributed by atoms with van der Waals surface area (Å²) in [5, 5.41) is 8.19. The largest absolute Gasteiger partial charge is 0.310 e. The summed E-state index contributed by atoms with van der Waals surface area (Å²) >= 11 is 0. The van der Waals surface area contributed by atoms with Gasteiger partial charge in [-0.05, 0) is 55.1 Å². The molecular formula is C27H32NP. The smallest absolute Gasteiger partial charge is 0.0214 e. The van der Waals surface area contributed by atoms with Crippen LogP contribution < -0.4 is 21.2 Å². The highest BCUT2D eigenvalue weighted by molar-refractivity contribution is 7.79. The maximum atomic E-state index is 3.88. The molecular weight excluding hydrogens is 369 g/mol. The number of hydrogen-bond donors (Lipinski definition) is 1. The minimum atomic E-state index is -0.552. The van der Waals surface area contributed by atoms with Crippen molar-refractivity contribution in [3.8, 4) is 0 Å².